The molecule has 0 bridgehead atoms. The number of quaternary nitrogens is 1. The fourth-order valence-corrected chi connectivity index (χ4v) is 1.53. The summed E-state index contributed by atoms with van der Waals surface area (Å²) in [5.41, 5.74) is 1.06. The summed E-state index contributed by atoms with van der Waals surface area (Å²) < 4.78 is 4.33. The third kappa shape index (κ3) is 4.73. The highest BCUT2D eigenvalue weighted by Crippen LogP contribution is 2.13. The maximum atomic E-state index is 11.3. The van der Waals surface area contributed by atoms with Crippen LogP contribution in [0.5, 0.6) is 0 Å². The molecule has 0 aromatic heterocycles. The van der Waals surface area contributed by atoms with Crippen LogP contribution >= 0.6 is 11.6 Å². The molecule has 3 N–H and O–H groups in total. The highest BCUT2D eigenvalue weighted by Gasteiger charge is 2.13. The van der Waals surface area contributed by atoms with Gasteiger partial charge in [0.25, 0.3) is 5.91 Å². The molecule has 0 radical (unpaired) electrons. The first-order valence-corrected chi connectivity index (χ1v) is 5.87. The third-order valence-corrected chi connectivity index (χ3v) is 2.73. The van der Waals surface area contributed by atoms with E-state index in [1.807, 2.05) is 24.4 Å². The van der Waals surface area contributed by atoms with E-state index in [0.717, 1.165) is 5.56 Å². The van der Waals surface area contributed by atoms with Crippen LogP contribution in [0.2, 0.25) is 5.02 Å². The van der Waals surface area contributed by atoms with Crippen LogP contribution in [-0.2, 0) is 9.53 Å². The molecule has 98 valence electrons. The maximum Gasteiger partial charge on any atom is 0.413 e. The van der Waals surface area contributed by atoms with Gasteiger partial charge in [-0.2, -0.15) is 0 Å². The highest BCUT2D eigenvalue weighted by atomic mass is 35.5. The molecule has 0 aliphatic heterocycles. The zero-order valence-corrected chi connectivity index (χ0v) is 11.0. The molecule has 2 amide bonds. The smallest absolute Gasteiger partial charge is 0.413 e. The number of carbonyl (C=O) groups excluding carboxylic acids is 2. The zero-order valence-electron chi connectivity index (χ0n) is 10.3. The van der Waals surface area contributed by atoms with E-state index >= 15 is 0 Å². The Hall–Kier alpha value is -1.59. The number of nitrogens with two attached hydrogens (primary N) is 1. The summed E-state index contributed by atoms with van der Waals surface area (Å²) in [6.07, 6.45) is -0.743. The number of nitrogens with one attached hydrogen (secondary N) is 1. The summed E-state index contributed by atoms with van der Waals surface area (Å²) in [4.78, 5) is 22.1. The van der Waals surface area contributed by atoms with Crippen molar-refractivity contribution in [2.45, 2.75) is 13.0 Å². The number of carbonyl (C=O) groups is 2. The molecule has 1 aromatic carbocycles. The van der Waals surface area contributed by atoms with Crippen LogP contribution < -0.4 is 10.6 Å². The van der Waals surface area contributed by atoms with Gasteiger partial charge in [-0.25, -0.2) is 4.79 Å². The minimum atomic E-state index is -0.743. The summed E-state index contributed by atoms with van der Waals surface area (Å²) >= 11 is 5.79. The van der Waals surface area contributed by atoms with Crippen LogP contribution in [-0.4, -0.2) is 25.7 Å². The van der Waals surface area contributed by atoms with E-state index < -0.39 is 6.09 Å². The summed E-state index contributed by atoms with van der Waals surface area (Å²) in [6.45, 7) is 2.12. The van der Waals surface area contributed by atoms with Crippen LogP contribution in [0.1, 0.15) is 18.5 Å². The fourth-order valence-electron chi connectivity index (χ4n) is 1.40. The van der Waals surface area contributed by atoms with Gasteiger partial charge in [-0.1, -0.05) is 23.7 Å². The molecule has 0 spiro atoms. The van der Waals surface area contributed by atoms with Gasteiger partial charge in [0.1, 0.15) is 6.04 Å². The Morgan fingerprint density at radius 1 is 1.39 bits per heavy atom. The average Bonchev–Trinajstić information content (AvgIpc) is 2.36. The zero-order chi connectivity index (χ0) is 13.5. The van der Waals surface area contributed by atoms with Crippen molar-refractivity contribution in [3.05, 3.63) is 34.9 Å². The quantitative estimate of drug-likeness (QED) is 0.853. The number of benzene rings is 1. The summed E-state index contributed by atoms with van der Waals surface area (Å²) in [7, 11) is 1.21. The van der Waals surface area contributed by atoms with Crippen molar-refractivity contribution in [1.82, 2.24) is 5.32 Å². The predicted molar refractivity (Wildman–Crippen MR) is 67.2 cm³/mol. The van der Waals surface area contributed by atoms with Crippen molar-refractivity contribution in [3.8, 4) is 0 Å². The van der Waals surface area contributed by atoms with Gasteiger partial charge < -0.3 is 10.1 Å². The Morgan fingerprint density at radius 3 is 2.56 bits per heavy atom. The molecule has 0 fully saturated rings. The van der Waals surface area contributed by atoms with E-state index in [9.17, 15) is 9.59 Å². The largest absolute Gasteiger partial charge is 0.453 e. The molecule has 1 aromatic rings. The minimum absolute atomic E-state index is 0.102. The number of halogens is 1. The first-order chi connectivity index (χ1) is 8.52. The fraction of sp³-hybridized carbons (Fsp3) is 0.333. The number of amides is 2. The van der Waals surface area contributed by atoms with Crippen molar-refractivity contribution < 1.29 is 19.6 Å². The van der Waals surface area contributed by atoms with E-state index in [-0.39, 0.29) is 18.5 Å². The van der Waals surface area contributed by atoms with E-state index in [2.05, 4.69) is 10.1 Å². The van der Waals surface area contributed by atoms with E-state index in [0.29, 0.717) is 5.02 Å². The molecule has 0 aliphatic carbocycles. The van der Waals surface area contributed by atoms with Gasteiger partial charge in [0, 0.05) is 10.6 Å². The lowest BCUT2D eigenvalue weighted by Crippen LogP contribution is -2.87. The number of methoxy groups -OCH3 is 1. The standard InChI is InChI=1S/C12H15ClN2O3/c1-8(9-3-5-10(13)6-4-9)14-7-11(16)15-12(17)18-2/h3-6,8,14H,7H2,1-2H3,(H,15,16,17)/p+1/t8-/m1/s1. The minimum Gasteiger partial charge on any atom is -0.453 e. The SMILES string of the molecule is COC(=O)NC(=O)C[NH2+][C@H](C)c1ccc(Cl)cc1. The molecule has 1 atom stereocenters. The molecule has 0 unspecified atom stereocenters. The van der Waals surface area contributed by atoms with Gasteiger partial charge in [0.2, 0.25) is 0 Å². The van der Waals surface area contributed by atoms with Crippen LogP contribution in [0.3, 0.4) is 0 Å². The number of imide groups is 1. The first-order valence-electron chi connectivity index (χ1n) is 5.49. The Labute approximate surface area is 110 Å². The normalized spacial score (nSPS) is 11.7. The Balaban J connectivity index is 2.41. The van der Waals surface area contributed by atoms with Crippen LogP contribution in [0.4, 0.5) is 4.79 Å². The van der Waals surface area contributed by atoms with Gasteiger partial charge in [0.05, 0.1) is 7.11 Å². The number of rotatable bonds is 4. The molecule has 1 rings (SSSR count). The van der Waals surface area contributed by atoms with Gasteiger partial charge in [-0.05, 0) is 19.1 Å². The van der Waals surface area contributed by atoms with Crippen molar-refractivity contribution in [2.75, 3.05) is 13.7 Å². The van der Waals surface area contributed by atoms with Gasteiger partial charge in [-0.3, -0.25) is 10.1 Å². The van der Waals surface area contributed by atoms with Gasteiger partial charge in [0.15, 0.2) is 6.54 Å². The van der Waals surface area contributed by atoms with E-state index in [1.54, 1.807) is 12.1 Å². The number of hydrogen-bond acceptors (Lipinski definition) is 3. The molecular formula is C12H16ClN2O3+. The van der Waals surface area contributed by atoms with Gasteiger partial charge >= 0.3 is 6.09 Å². The second-order valence-corrected chi connectivity index (χ2v) is 4.26. The van der Waals surface area contributed by atoms with E-state index in [4.69, 9.17) is 11.6 Å². The molecule has 6 heteroatoms. The third-order valence-electron chi connectivity index (χ3n) is 2.48. The highest BCUT2D eigenvalue weighted by molar-refractivity contribution is 6.30. The monoisotopic (exact) mass is 271 g/mol. The summed E-state index contributed by atoms with van der Waals surface area (Å²) in [6, 6.07) is 7.51. The number of ether oxygens (including phenoxy) is 1. The van der Waals surface area contributed by atoms with Crippen LogP contribution in [0, 0.1) is 0 Å². The summed E-state index contributed by atoms with van der Waals surface area (Å²) in [5.74, 6) is -0.386. The second kappa shape index (κ2) is 6.98. The molecule has 18 heavy (non-hydrogen) atoms. The summed E-state index contributed by atoms with van der Waals surface area (Å²) in [5, 5.41) is 4.59. The number of alkyl carbamates (subject to hydrolysis) is 1. The topological polar surface area (TPSA) is 72.0 Å². The lowest BCUT2D eigenvalue weighted by molar-refractivity contribution is -0.682. The Kier molecular flexibility index (Phi) is 5.61. The predicted octanol–water partition coefficient (Wildman–Crippen LogP) is 0.847. The number of hydrogen-bond donors (Lipinski definition) is 2. The lowest BCUT2D eigenvalue weighted by atomic mass is 10.1. The molecule has 5 nitrogen and oxygen atoms in total. The van der Waals surface area contributed by atoms with E-state index in [1.165, 1.54) is 7.11 Å². The van der Waals surface area contributed by atoms with Crippen molar-refractivity contribution in [1.29, 1.82) is 0 Å². The second-order valence-electron chi connectivity index (χ2n) is 3.82. The molecule has 0 saturated heterocycles. The molecule has 0 aliphatic rings. The average molecular weight is 272 g/mol. The van der Waals surface area contributed by atoms with Crippen molar-refractivity contribution in [2.24, 2.45) is 0 Å². The van der Waals surface area contributed by atoms with Crippen LogP contribution in [0.25, 0.3) is 0 Å². The van der Waals surface area contributed by atoms with Crippen molar-refractivity contribution in [3.63, 3.8) is 0 Å². The molecule has 0 heterocycles. The van der Waals surface area contributed by atoms with Gasteiger partial charge in [-0.15, -0.1) is 0 Å². The first kappa shape index (κ1) is 14.5. The van der Waals surface area contributed by atoms with Crippen LogP contribution in [0.15, 0.2) is 24.3 Å². The Morgan fingerprint density at radius 2 is 2.00 bits per heavy atom. The molecule has 0 saturated carbocycles. The Bertz CT molecular complexity index is 420. The van der Waals surface area contributed by atoms with Crippen molar-refractivity contribution >= 4 is 23.6 Å². The molecular weight excluding hydrogens is 256 g/mol. The maximum absolute atomic E-state index is 11.3. The lowest BCUT2D eigenvalue weighted by Gasteiger charge is -2.10.